The number of hydrogen-bond acceptors (Lipinski definition) is 2. The molecule has 1 heterocycles. The molecule has 3 nitrogen and oxygen atoms in total. The predicted octanol–water partition coefficient (Wildman–Crippen LogP) is 5.19. The molecule has 2 aromatic carbocycles. The second-order valence-corrected chi connectivity index (χ2v) is 7.60. The fourth-order valence-electron chi connectivity index (χ4n) is 2.36. The summed E-state index contributed by atoms with van der Waals surface area (Å²) in [6.07, 6.45) is -4.70. The van der Waals surface area contributed by atoms with Gasteiger partial charge in [-0.25, -0.2) is 8.42 Å². The van der Waals surface area contributed by atoms with Gasteiger partial charge < -0.3 is 4.98 Å². The van der Waals surface area contributed by atoms with Gasteiger partial charge in [0.05, 0.1) is 15.5 Å². The minimum atomic E-state index is -4.70. The molecule has 25 heavy (non-hydrogen) atoms. The van der Waals surface area contributed by atoms with Crippen LogP contribution in [0.3, 0.4) is 0 Å². The molecule has 3 aromatic rings. The van der Waals surface area contributed by atoms with Gasteiger partial charge in [-0.15, -0.1) is 0 Å². The molecule has 0 aliphatic rings. The highest BCUT2D eigenvalue weighted by molar-refractivity contribution is 7.91. The second kappa shape index (κ2) is 6.24. The van der Waals surface area contributed by atoms with Crippen molar-refractivity contribution in [3.8, 4) is 11.3 Å². The third kappa shape index (κ3) is 3.43. The quantitative estimate of drug-likeness (QED) is 0.674. The summed E-state index contributed by atoms with van der Waals surface area (Å²) in [7, 11) is -4.13. The Morgan fingerprint density at radius 1 is 0.920 bits per heavy atom. The SMILES string of the molecule is O=S(=O)(c1ccccc1)c1cc(C(F)(F)F)[nH]c1-c1ccc(Cl)cc1. The van der Waals surface area contributed by atoms with E-state index in [4.69, 9.17) is 11.6 Å². The average Bonchev–Trinajstić information content (AvgIpc) is 3.03. The Balaban J connectivity index is 2.25. The van der Waals surface area contributed by atoms with Crippen LogP contribution in [0.1, 0.15) is 5.69 Å². The van der Waals surface area contributed by atoms with Gasteiger partial charge in [0, 0.05) is 5.02 Å². The first kappa shape index (κ1) is 17.6. The Labute approximate surface area is 147 Å². The minimum Gasteiger partial charge on any atom is -0.350 e. The van der Waals surface area contributed by atoms with Crippen molar-refractivity contribution in [2.75, 3.05) is 0 Å². The smallest absolute Gasteiger partial charge is 0.350 e. The van der Waals surface area contributed by atoms with E-state index in [1.165, 1.54) is 48.5 Å². The summed E-state index contributed by atoms with van der Waals surface area (Å²) in [6, 6.07) is 13.8. The summed E-state index contributed by atoms with van der Waals surface area (Å²) in [4.78, 5) is 1.66. The van der Waals surface area contributed by atoms with E-state index in [0.29, 0.717) is 11.1 Å². The van der Waals surface area contributed by atoms with Gasteiger partial charge in [0.25, 0.3) is 0 Å². The molecule has 0 fully saturated rings. The molecule has 0 amide bonds. The molecule has 0 aliphatic carbocycles. The highest BCUT2D eigenvalue weighted by Crippen LogP contribution is 2.37. The molecule has 0 unspecified atom stereocenters. The van der Waals surface area contributed by atoms with Crippen LogP contribution in [-0.2, 0) is 16.0 Å². The zero-order valence-electron chi connectivity index (χ0n) is 12.5. The van der Waals surface area contributed by atoms with E-state index in [0.717, 1.165) is 0 Å². The van der Waals surface area contributed by atoms with Gasteiger partial charge in [0.15, 0.2) is 0 Å². The Kier molecular flexibility index (Phi) is 4.38. The van der Waals surface area contributed by atoms with E-state index in [-0.39, 0.29) is 16.2 Å². The first-order valence-corrected chi connectivity index (χ1v) is 8.92. The maximum absolute atomic E-state index is 13.1. The van der Waals surface area contributed by atoms with Gasteiger partial charge in [0.2, 0.25) is 9.84 Å². The Morgan fingerprint density at radius 2 is 1.52 bits per heavy atom. The van der Waals surface area contributed by atoms with E-state index in [1.807, 2.05) is 0 Å². The lowest BCUT2D eigenvalue weighted by Gasteiger charge is -2.06. The number of nitrogens with one attached hydrogen (secondary N) is 1. The number of rotatable bonds is 3. The first-order valence-electron chi connectivity index (χ1n) is 7.06. The number of H-pyrrole nitrogens is 1. The molecule has 0 aliphatic heterocycles. The molecule has 8 heteroatoms. The van der Waals surface area contributed by atoms with Gasteiger partial charge in [0.1, 0.15) is 5.69 Å². The van der Waals surface area contributed by atoms with E-state index in [2.05, 4.69) is 4.98 Å². The van der Waals surface area contributed by atoms with Crippen LogP contribution < -0.4 is 0 Å². The summed E-state index contributed by atoms with van der Waals surface area (Å²) < 4.78 is 65.0. The average molecular weight is 386 g/mol. The van der Waals surface area contributed by atoms with Crippen LogP contribution >= 0.6 is 11.6 Å². The molecule has 0 bridgehead atoms. The van der Waals surface area contributed by atoms with E-state index in [1.54, 1.807) is 6.07 Å². The van der Waals surface area contributed by atoms with Gasteiger partial charge in [-0.3, -0.25) is 0 Å². The van der Waals surface area contributed by atoms with Crippen LogP contribution in [0.15, 0.2) is 70.5 Å². The van der Waals surface area contributed by atoms with E-state index < -0.39 is 26.6 Å². The summed E-state index contributed by atoms with van der Waals surface area (Å²) >= 11 is 5.79. The molecule has 1 N–H and O–H groups in total. The van der Waals surface area contributed by atoms with Crippen LogP contribution in [0.25, 0.3) is 11.3 Å². The molecular formula is C17H11ClF3NO2S. The normalized spacial score (nSPS) is 12.3. The molecule has 0 atom stereocenters. The number of hydrogen-bond donors (Lipinski definition) is 1. The van der Waals surface area contributed by atoms with Crippen molar-refractivity contribution in [3.05, 3.63) is 71.4 Å². The van der Waals surface area contributed by atoms with E-state index in [9.17, 15) is 21.6 Å². The van der Waals surface area contributed by atoms with Gasteiger partial charge in [-0.2, -0.15) is 13.2 Å². The summed E-state index contributed by atoms with van der Waals surface area (Å²) in [6.45, 7) is 0. The lowest BCUT2D eigenvalue weighted by Crippen LogP contribution is -2.05. The largest absolute Gasteiger partial charge is 0.431 e. The highest BCUT2D eigenvalue weighted by atomic mass is 35.5. The number of halogens is 4. The lowest BCUT2D eigenvalue weighted by atomic mass is 10.2. The highest BCUT2D eigenvalue weighted by Gasteiger charge is 2.36. The molecule has 0 radical (unpaired) electrons. The molecule has 130 valence electrons. The summed E-state index contributed by atoms with van der Waals surface area (Å²) in [5, 5.41) is 0.388. The van der Waals surface area contributed by atoms with Crippen LogP contribution in [0.5, 0.6) is 0 Å². The van der Waals surface area contributed by atoms with Crippen molar-refractivity contribution >= 4 is 21.4 Å². The molecule has 1 aromatic heterocycles. The van der Waals surface area contributed by atoms with Gasteiger partial charge >= 0.3 is 6.18 Å². The van der Waals surface area contributed by atoms with Crippen LogP contribution in [0.4, 0.5) is 13.2 Å². The van der Waals surface area contributed by atoms with Crippen molar-refractivity contribution in [1.29, 1.82) is 0 Å². The number of aromatic nitrogens is 1. The van der Waals surface area contributed by atoms with Crippen LogP contribution in [0, 0.1) is 0 Å². The van der Waals surface area contributed by atoms with Crippen molar-refractivity contribution in [2.24, 2.45) is 0 Å². The van der Waals surface area contributed by atoms with Crippen LogP contribution in [0.2, 0.25) is 5.02 Å². The number of aromatic amines is 1. The Bertz CT molecular complexity index is 995. The Hall–Kier alpha value is -2.25. The number of alkyl halides is 3. The number of benzene rings is 2. The standard InChI is InChI=1S/C17H11ClF3NO2S/c18-12-8-6-11(7-9-12)16-14(10-15(22-16)17(19,20)21)25(23,24)13-4-2-1-3-5-13/h1-10,22H. The maximum atomic E-state index is 13.1. The lowest BCUT2D eigenvalue weighted by molar-refractivity contribution is -0.140. The third-order valence-electron chi connectivity index (χ3n) is 3.56. The van der Waals surface area contributed by atoms with Gasteiger partial charge in [-0.1, -0.05) is 41.9 Å². The summed E-state index contributed by atoms with van der Waals surface area (Å²) in [5.41, 5.74) is -0.978. The summed E-state index contributed by atoms with van der Waals surface area (Å²) in [5.74, 6) is 0. The van der Waals surface area contributed by atoms with Crippen molar-refractivity contribution < 1.29 is 21.6 Å². The maximum Gasteiger partial charge on any atom is 0.431 e. The number of sulfone groups is 1. The molecule has 0 spiro atoms. The van der Waals surface area contributed by atoms with E-state index >= 15 is 0 Å². The predicted molar refractivity (Wildman–Crippen MR) is 88.1 cm³/mol. The fourth-order valence-corrected chi connectivity index (χ4v) is 3.96. The monoisotopic (exact) mass is 385 g/mol. The van der Waals surface area contributed by atoms with Crippen LogP contribution in [-0.4, -0.2) is 13.4 Å². The molecule has 0 saturated carbocycles. The minimum absolute atomic E-state index is 0.0852. The first-order chi connectivity index (χ1) is 11.7. The van der Waals surface area contributed by atoms with Crippen molar-refractivity contribution in [3.63, 3.8) is 0 Å². The molecular weight excluding hydrogens is 375 g/mol. The second-order valence-electron chi connectivity index (χ2n) is 5.24. The zero-order chi connectivity index (χ0) is 18.2. The van der Waals surface area contributed by atoms with Crippen molar-refractivity contribution in [1.82, 2.24) is 4.98 Å². The fraction of sp³-hybridized carbons (Fsp3) is 0.0588. The van der Waals surface area contributed by atoms with Gasteiger partial charge in [-0.05, 0) is 35.9 Å². The van der Waals surface area contributed by atoms with Crippen molar-refractivity contribution in [2.45, 2.75) is 16.0 Å². The third-order valence-corrected chi connectivity index (χ3v) is 5.61. The molecule has 0 saturated heterocycles. The Morgan fingerprint density at radius 3 is 2.08 bits per heavy atom. The molecule has 3 rings (SSSR count). The zero-order valence-corrected chi connectivity index (χ0v) is 14.1. The topological polar surface area (TPSA) is 49.9 Å².